The molecule has 0 saturated heterocycles. The van der Waals surface area contributed by atoms with Crippen LogP contribution < -0.4 is 5.32 Å². The maximum atomic E-state index is 3.72. The first-order valence-corrected chi connectivity index (χ1v) is 7.42. The van der Waals surface area contributed by atoms with Crippen molar-refractivity contribution in [3.05, 3.63) is 22.4 Å². The number of rotatable bonds is 8. The van der Waals surface area contributed by atoms with Crippen LogP contribution in [0.15, 0.2) is 17.5 Å². The third-order valence-electron chi connectivity index (χ3n) is 2.96. The lowest BCUT2D eigenvalue weighted by Crippen LogP contribution is -2.25. The predicted octanol–water partition coefficient (Wildman–Crippen LogP) is 4.62. The Hall–Kier alpha value is -0.340. The maximum absolute atomic E-state index is 3.72. The van der Waals surface area contributed by atoms with Crippen molar-refractivity contribution in [1.29, 1.82) is 0 Å². The summed E-state index contributed by atoms with van der Waals surface area (Å²) in [6, 6.07) is 4.98. The van der Waals surface area contributed by atoms with Crippen molar-refractivity contribution in [2.75, 3.05) is 6.54 Å². The fourth-order valence-electron chi connectivity index (χ4n) is 2.06. The van der Waals surface area contributed by atoms with E-state index >= 15 is 0 Å². The predicted molar refractivity (Wildman–Crippen MR) is 74.0 cm³/mol. The van der Waals surface area contributed by atoms with Gasteiger partial charge in [0.15, 0.2) is 0 Å². The first kappa shape index (κ1) is 13.7. The van der Waals surface area contributed by atoms with E-state index in [0.29, 0.717) is 6.04 Å². The summed E-state index contributed by atoms with van der Waals surface area (Å²) >= 11 is 1.87. The summed E-state index contributed by atoms with van der Waals surface area (Å²) < 4.78 is 0. The van der Waals surface area contributed by atoms with Gasteiger partial charge in [-0.3, -0.25) is 0 Å². The van der Waals surface area contributed by atoms with Crippen LogP contribution in [-0.2, 0) is 0 Å². The van der Waals surface area contributed by atoms with Crippen LogP contribution >= 0.6 is 11.3 Å². The largest absolute Gasteiger partial charge is 0.309 e. The Labute approximate surface area is 104 Å². The second-order valence-electron chi connectivity index (χ2n) is 4.66. The Morgan fingerprint density at radius 3 is 2.56 bits per heavy atom. The number of thiophene rings is 1. The number of hydrogen-bond donors (Lipinski definition) is 1. The molecule has 0 amide bonds. The van der Waals surface area contributed by atoms with Crippen molar-refractivity contribution in [1.82, 2.24) is 5.32 Å². The molecule has 1 N–H and O–H groups in total. The molecule has 2 heteroatoms. The molecule has 1 nitrogen and oxygen atoms in total. The van der Waals surface area contributed by atoms with E-state index in [4.69, 9.17) is 0 Å². The summed E-state index contributed by atoms with van der Waals surface area (Å²) in [5.41, 5.74) is 0. The molecule has 0 saturated carbocycles. The van der Waals surface area contributed by atoms with Crippen molar-refractivity contribution >= 4 is 11.3 Å². The summed E-state index contributed by atoms with van der Waals surface area (Å²) in [6.07, 6.45) is 5.12. The van der Waals surface area contributed by atoms with Crippen LogP contribution in [0.5, 0.6) is 0 Å². The second kappa shape index (κ2) is 7.86. The van der Waals surface area contributed by atoms with Crippen LogP contribution in [0, 0.1) is 5.92 Å². The lowest BCUT2D eigenvalue weighted by molar-refractivity contribution is 0.418. The topological polar surface area (TPSA) is 12.0 Å². The van der Waals surface area contributed by atoms with Gasteiger partial charge in [-0.05, 0) is 36.8 Å². The molecule has 0 fully saturated rings. The first-order chi connectivity index (χ1) is 7.77. The second-order valence-corrected chi connectivity index (χ2v) is 5.64. The fourth-order valence-corrected chi connectivity index (χ4v) is 2.90. The first-order valence-electron chi connectivity index (χ1n) is 6.54. The Morgan fingerprint density at radius 2 is 2.00 bits per heavy atom. The van der Waals surface area contributed by atoms with Crippen LogP contribution in [0.1, 0.15) is 57.4 Å². The van der Waals surface area contributed by atoms with E-state index in [1.807, 2.05) is 11.3 Å². The van der Waals surface area contributed by atoms with E-state index in [9.17, 15) is 0 Å². The van der Waals surface area contributed by atoms with Gasteiger partial charge in [-0.15, -0.1) is 11.3 Å². The molecule has 0 aromatic carbocycles. The van der Waals surface area contributed by atoms with E-state index in [0.717, 1.165) is 12.5 Å². The van der Waals surface area contributed by atoms with Crippen molar-refractivity contribution in [3.8, 4) is 0 Å². The van der Waals surface area contributed by atoms with Gasteiger partial charge in [0.2, 0.25) is 0 Å². The molecule has 0 bridgehead atoms. The average Bonchev–Trinajstić information content (AvgIpc) is 2.78. The molecule has 2 atom stereocenters. The van der Waals surface area contributed by atoms with Crippen LogP contribution in [0.4, 0.5) is 0 Å². The molecular weight excluding hydrogens is 214 g/mol. The Balaban J connectivity index is 2.40. The van der Waals surface area contributed by atoms with Gasteiger partial charge in [0.25, 0.3) is 0 Å². The van der Waals surface area contributed by atoms with E-state index in [1.165, 1.54) is 30.6 Å². The van der Waals surface area contributed by atoms with Crippen LogP contribution in [-0.4, -0.2) is 6.54 Å². The maximum Gasteiger partial charge on any atom is 0.0414 e. The van der Waals surface area contributed by atoms with Crippen LogP contribution in [0.2, 0.25) is 0 Å². The molecule has 1 aromatic rings. The summed E-state index contributed by atoms with van der Waals surface area (Å²) in [5, 5.41) is 5.89. The van der Waals surface area contributed by atoms with Crippen molar-refractivity contribution in [2.45, 2.75) is 52.5 Å². The zero-order chi connectivity index (χ0) is 11.8. The zero-order valence-corrected chi connectivity index (χ0v) is 11.6. The molecule has 1 aromatic heterocycles. The van der Waals surface area contributed by atoms with Crippen molar-refractivity contribution < 1.29 is 0 Å². The minimum Gasteiger partial charge on any atom is -0.309 e. The quantitative estimate of drug-likeness (QED) is 0.698. The molecule has 0 spiro atoms. The van der Waals surface area contributed by atoms with Gasteiger partial charge in [0.05, 0.1) is 0 Å². The molecule has 0 radical (unpaired) electrons. The number of hydrogen-bond acceptors (Lipinski definition) is 2. The van der Waals surface area contributed by atoms with E-state index in [2.05, 4.69) is 43.6 Å². The fraction of sp³-hybridized carbons (Fsp3) is 0.714. The van der Waals surface area contributed by atoms with E-state index in [1.54, 1.807) is 0 Å². The highest BCUT2D eigenvalue weighted by Crippen LogP contribution is 2.23. The zero-order valence-electron chi connectivity index (χ0n) is 10.8. The summed E-state index contributed by atoms with van der Waals surface area (Å²) in [5.74, 6) is 0.796. The highest BCUT2D eigenvalue weighted by atomic mass is 32.1. The highest BCUT2D eigenvalue weighted by Gasteiger charge is 2.11. The number of nitrogens with one attached hydrogen (secondary N) is 1. The molecule has 1 heterocycles. The van der Waals surface area contributed by atoms with Crippen LogP contribution in [0.25, 0.3) is 0 Å². The Kier molecular flexibility index (Phi) is 6.74. The average molecular weight is 239 g/mol. The summed E-state index contributed by atoms with van der Waals surface area (Å²) in [4.78, 5) is 1.49. The smallest absolute Gasteiger partial charge is 0.0414 e. The van der Waals surface area contributed by atoms with Gasteiger partial charge in [-0.1, -0.05) is 39.7 Å². The van der Waals surface area contributed by atoms with Gasteiger partial charge < -0.3 is 5.32 Å². The SMILES string of the molecule is CCCC(C)CNC(CCC)c1cccs1. The summed E-state index contributed by atoms with van der Waals surface area (Å²) in [7, 11) is 0. The Bertz CT molecular complexity index is 256. The molecule has 0 aliphatic heterocycles. The van der Waals surface area contributed by atoms with Gasteiger partial charge in [-0.25, -0.2) is 0 Å². The minimum absolute atomic E-state index is 0.573. The van der Waals surface area contributed by atoms with Gasteiger partial charge in [0.1, 0.15) is 0 Å². The highest BCUT2D eigenvalue weighted by molar-refractivity contribution is 7.10. The summed E-state index contributed by atoms with van der Waals surface area (Å²) in [6.45, 7) is 8.02. The van der Waals surface area contributed by atoms with Crippen molar-refractivity contribution in [2.24, 2.45) is 5.92 Å². The lowest BCUT2D eigenvalue weighted by atomic mass is 10.0. The third-order valence-corrected chi connectivity index (χ3v) is 3.94. The van der Waals surface area contributed by atoms with Crippen LogP contribution in [0.3, 0.4) is 0 Å². The van der Waals surface area contributed by atoms with E-state index < -0.39 is 0 Å². The standard InChI is InChI=1S/C14H25NS/c1-4-7-12(3)11-15-13(8-5-2)14-9-6-10-16-14/h6,9-10,12-13,15H,4-5,7-8,11H2,1-3H3. The Morgan fingerprint density at radius 1 is 1.25 bits per heavy atom. The molecule has 92 valence electrons. The molecule has 0 aliphatic carbocycles. The molecule has 16 heavy (non-hydrogen) atoms. The molecule has 1 rings (SSSR count). The molecule has 0 aliphatic rings. The minimum atomic E-state index is 0.573. The van der Waals surface area contributed by atoms with E-state index in [-0.39, 0.29) is 0 Å². The third kappa shape index (κ3) is 4.67. The lowest BCUT2D eigenvalue weighted by Gasteiger charge is -2.19. The van der Waals surface area contributed by atoms with Gasteiger partial charge in [-0.2, -0.15) is 0 Å². The van der Waals surface area contributed by atoms with Gasteiger partial charge in [0, 0.05) is 10.9 Å². The molecular formula is C14H25NS. The monoisotopic (exact) mass is 239 g/mol. The van der Waals surface area contributed by atoms with Gasteiger partial charge >= 0.3 is 0 Å². The normalized spacial score (nSPS) is 14.9. The molecule has 2 unspecified atom stereocenters. The van der Waals surface area contributed by atoms with Crippen molar-refractivity contribution in [3.63, 3.8) is 0 Å².